The summed E-state index contributed by atoms with van der Waals surface area (Å²) in [6.45, 7) is 0. The molecule has 0 saturated heterocycles. The molecule has 4 nitrogen and oxygen atoms in total. The van der Waals surface area contributed by atoms with E-state index in [0.717, 1.165) is 17.7 Å². The van der Waals surface area contributed by atoms with Crippen LogP contribution in [-0.2, 0) is 0 Å². The van der Waals surface area contributed by atoms with E-state index in [1.165, 1.54) is 19.3 Å². The Hall–Kier alpha value is -1.06. The Balaban J connectivity index is 1.84. The number of aromatic amines is 1. The average molecular weight is 164 g/mol. The molecule has 0 radical (unpaired) electrons. The van der Waals surface area contributed by atoms with Crippen LogP contribution in [0.1, 0.15) is 31.0 Å². The van der Waals surface area contributed by atoms with Crippen molar-refractivity contribution in [3.8, 4) is 0 Å². The van der Waals surface area contributed by atoms with E-state index in [4.69, 9.17) is 5.73 Å². The number of nitrogens with zero attached hydrogens (tertiary/aromatic N) is 2. The fraction of sp³-hybridized carbons (Fsp3) is 0.750. The smallest absolute Gasteiger partial charge is 0.239 e. The van der Waals surface area contributed by atoms with E-state index in [2.05, 4.69) is 15.2 Å². The number of anilines is 1. The molecule has 2 aliphatic rings. The van der Waals surface area contributed by atoms with Gasteiger partial charge in [0.05, 0.1) is 0 Å². The number of hydrogen-bond donors (Lipinski definition) is 2. The summed E-state index contributed by atoms with van der Waals surface area (Å²) < 4.78 is 0. The highest BCUT2D eigenvalue weighted by Crippen LogP contribution is 2.62. The van der Waals surface area contributed by atoms with E-state index >= 15 is 0 Å². The van der Waals surface area contributed by atoms with Crippen molar-refractivity contribution in [1.29, 1.82) is 0 Å². The Morgan fingerprint density at radius 3 is 2.67 bits per heavy atom. The molecule has 1 aromatic rings. The summed E-state index contributed by atoms with van der Waals surface area (Å²) in [6, 6.07) is 0. The fourth-order valence-corrected chi connectivity index (χ4v) is 2.66. The molecule has 0 amide bonds. The van der Waals surface area contributed by atoms with E-state index in [0.29, 0.717) is 11.9 Å². The summed E-state index contributed by atoms with van der Waals surface area (Å²) in [5, 5.41) is 6.76. The van der Waals surface area contributed by atoms with E-state index in [9.17, 15) is 0 Å². The van der Waals surface area contributed by atoms with Gasteiger partial charge in [-0.25, -0.2) is 0 Å². The zero-order valence-electron chi connectivity index (χ0n) is 6.83. The van der Waals surface area contributed by atoms with Gasteiger partial charge in [0, 0.05) is 5.92 Å². The first-order valence-electron chi connectivity index (χ1n) is 4.54. The van der Waals surface area contributed by atoms with Crippen molar-refractivity contribution in [3.63, 3.8) is 0 Å². The Morgan fingerprint density at radius 2 is 2.08 bits per heavy atom. The first-order valence-corrected chi connectivity index (χ1v) is 4.54. The van der Waals surface area contributed by atoms with E-state index in [-0.39, 0.29) is 0 Å². The molecule has 3 rings (SSSR count). The number of nitrogens with one attached hydrogen (secondary N) is 1. The maximum absolute atomic E-state index is 5.44. The van der Waals surface area contributed by atoms with Gasteiger partial charge in [-0.2, -0.15) is 4.98 Å². The molecule has 64 valence electrons. The normalized spacial score (nSPS) is 38.2. The van der Waals surface area contributed by atoms with Crippen LogP contribution >= 0.6 is 0 Å². The lowest BCUT2D eigenvalue weighted by molar-refractivity contribution is 0.660. The molecular formula is C8H12N4. The highest BCUT2D eigenvalue weighted by atomic mass is 15.3. The molecule has 2 fully saturated rings. The summed E-state index contributed by atoms with van der Waals surface area (Å²) in [6.07, 6.45) is 4.14. The lowest BCUT2D eigenvalue weighted by Gasteiger charge is -1.96. The average Bonchev–Trinajstić information content (AvgIpc) is 2.55. The predicted octanol–water partition coefficient (Wildman–Crippen LogP) is 0.900. The minimum atomic E-state index is 0.384. The summed E-state index contributed by atoms with van der Waals surface area (Å²) in [7, 11) is 0. The lowest BCUT2D eigenvalue weighted by Crippen LogP contribution is -1.91. The van der Waals surface area contributed by atoms with Gasteiger partial charge >= 0.3 is 0 Å². The minimum absolute atomic E-state index is 0.384. The number of aromatic nitrogens is 3. The van der Waals surface area contributed by atoms with E-state index < -0.39 is 0 Å². The van der Waals surface area contributed by atoms with Crippen LogP contribution < -0.4 is 5.73 Å². The second-order valence-electron chi connectivity index (χ2n) is 3.86. The second kappa shape index (κ2) is 2.00. The number of fused-ring (bicyclic) bond motifs is 1. The summed E-state index contributed by atoms with van der Waals surface area (Å²) in [4.78, 5) is 4.17. The Kier molecular flexibility index (Phi) is 1.07. The lowest BCUT2D eigenvalue weighted by atomic mass is 10.1. The summed E-state index contributed by atoms with van der Waals surface area (Å²) in [5.74, 6) is 3.83. The molecular weight excluding hydrogens is 152 g/mol. The van der Waals surface area contributed by atoms with Gasteiger partial charge in [0.2, 0.25) is 5.95 Å². The number of nitrogens with two attached hydrogens (primary N) is 1. The van der Waals surface area contributed by atoms with Crippen LogP contribution in [0.15, 0.2) is 0 Å². The molecule has 2 aliphatic carbocycles. The molecule has 0 aliphatic heterocycles. The third-order valence-electron chi connectivity index (χ3n) is 3.24. The van der Waals surface area contributed by atoms with Gasteiger partial charge in [-0.1, -0.05) is 6.42 Å². The molecule has 4 heteroatoms. The number of H-pyrrole nitrogens is 1. The van der Waals surface area contributed by atoms with Crippen molar-refractivity contribution in [2.75, 3.05) is 5.73 Å². The van der Waals surface area contributed by atoms with Crippen LogP contribution in [0, 0.1) is 11.8 Å². The van der Waals surface area contributed by atoms with Crippen LogP contribution in [-0.4, -0.2) is 15.2 Å². The van der Waals surface area contributed by atoms with Gasteiger partial charge in [0.1, 0.15) is 5.82 Å². The molecule has 3 N–H and O–H groups in total. The first-order chi connectivity index (χ1) is 5.86. The molecule has 0 bridgehead atoms. The monoisotopic (exact) mass is 164 g/mol. The highest BCUT2D eigenvalue weighted by molar-refractivity contribution is 5.22. The van der Waals surface area contributed by atoms with Crippen molar-refractivity contribution in [1.82, 2.24) is 15.2 Å². The molecule has 12 heavy (non-hydrogen) atoms. The number of rotatable bonds is 1. The molecule has 0 aromatic carbocycles. The third-order valence-corrected chi connectivity index (χ3v) is 3.24. The Bertz CT molecular complexity index is 296. The number of nitrogen functional groups attached to an aromatic ring is 1. The minimum Gasteiger partial charge on any atom is -0.367 e. The largest absolute Gasteiger partial charge is 0.367 e. The van der Waals surface area contributed by atoms with Crippen LogP contribution in [0.3, 0.4) is 0 Å². The first kappa shape index (κ1) is 6.46. The van der Waals surface area contributed by atoms with Gasteiger partial charge in [-0.3, -0.25) is 5.10 Å². The van der Waals surface area contributed by atoms with Crippen molar-refractivity contribution >= 4 is 5.95 Å². The highest BCUT2D eigenvalue weighted by Gasteiger charge is 2.54. The van der Waals surface area contributed by atoms with Crippen molar-refractivity contribution in [2.24, 2.45) is 11.8 Å². The summed E-state index contributed by atoms with van der Waals surface area (Å²) in [5.41, 5.74) is 5.44. The van der Waals surface area contributed by atoms with Gasteiger partial charge in [0.15, 0.2) is 0 Å². The van der Waals surface area contributed by atoms with Crippen molar-refractivity contribution < 1.29 is 0 Å². The van der Waals surface area contributed by atoms with Gasteiger partial charge in [0.25, 0.3) is 0 Å². The maximum atomic E-state index is 5.44. The SMILES string of the molecule is Nc1n[nH]c(C2C3CCCC32)n1. The fourth-order valence-electron chi connectivity index (χ4n) is 2.66. The predicted molar refractivity (Wildman–Crippen MR) is 44.4 cm³/mol. The number of hydrogen-bond acceptors (Lipinski definition) is 3. The van der Waals surface area contributed by atoms with E-state index in [1.54, 1.807) is 0 Å². The topological polar surface area (TPSA) is 67.6 Å². The van der Waals surface area contributed by atoms with Crippen LogP contribution in [0.25, 0.3) is 0 Å². The zero-order chi connectivity index (χ0) is 8.13. The summed E-state index contributed by atoms with van der Waals surface area (Å²) >= 11 is 0. The molecule has 0 spiro atoms. The van der Waals surface area contributed by atoms with Gasteiger partial charge in [-0.15, -0.1) is 5.10 Å². The molecule has 2 saturated carbocycles. The van der Waals surface area contributed by atoms with Gasteiger partial charge < -0.3 is 5.73 Å². The zero-order valence-corrected chi connectivity index (χ0v) is 6.83. The van der Waals surface area contributed by atoms with Crippen molar-refractivity contribution in [3.05, 3.63) is 5.82 Å². The standard InChI is InChI=1S/C8H12N4/c9-8-10-7(11-12-8)6-4-2-1-3-5(4)6/h4-6H,1-3H2,(H3,9,10,11,12). The second-order valence-corrected chi connectivity index (χ2v) is 3.86. The molecule has 1 heterocycles. The van der Waals surface area contributed by atoms with Crippen LogP contribution in [0.2, 0.25) is 0 Å². The third kappa shape index (κ3) is 0.722. The van der Waals surface area contributed by atoms with E-state index in [1.807, 2.05) is 0 Å². The van der Waals surface area contributed by atoms with Crippen LogP contribution in [0.4, 0.5) is 5.95 Å². The molecule has 2 unspecified atom stereocenters. The molecule has 1 aromatic heterocycles. The molecule has 2 atom stereocenters. The Morgan fingerprint density at radius 1 is 1.33 bits per heavy atom. The maximum Gasteiger partial charge on any atom is 0.239 e. The van der Waals surface area contributed by atoms with Gasteiger partial charge in [-0.05, 0) is 24.7 Å². The Labute approximate surface area is 70.6 Å². The van der Waals surface area contributed by atoms with Crippen LogP contribution in [0.5, 0.6) is 0 Å². The van der Waals surface area contributed by atoms with Crippen molar-refractivity contribution in [2.45, 2.75) is 25.2 Å². The quantitative estimate of drug-likeness (QED) is 0.648.